The zero-order valence-corrected chi connectivity index (χ0v) is 6.03. The van der Waals surface area contributed by atoms with Gasteiger partial charge in [0.2, 0.25) is 0 Å². The Hall–Kier alpha value is -1.17. The Kier molecular flexibility index (Phi) is 3.34. The number of hydrogen-bond donors (Lipinski definition) is 2. The van der Waals surface area contributed by atoms with Gasteiger partial charge in [-0.25, -0.2) is 9.59 Å². The van der Waals surface area contributed by atoms with Crippen molar-refractivity contribution in [3.8, 4) is 0 Å². The molecule has 6 heteroatoms. The molecule has 0 rings (SSSR count). The highest BCUT2D eigenvalue weighted by Gasteiger charge is 2.09. The zero-order valence-electron chi connectivity index (χ0n) is 5.21. The number of esters is 1. The van der Waals surface area contributed by atoms with Crippen LogP contribution in [0.2, 0.25) is 0 Å². The van der Waals surface area contributed by atoms with Crippen LogP contribution >= 0.6 is 12.2 Å². The fourth-order valence-electron chi connectivity index (χ4n) is 0.186. The quantitative estimate of drug-likeness (QED) is 0.275. The van der Waals surface area contributed by atoms with E-state index in [0.29, 0.717) is 0 Å². The number of carbonyl (C=O) groups excluding carboxylic acids is 2. The van der Waals surface area contributed by atoms with Gasteiger partial charge in [-0.3, -0.25) is 0 Å². The Morgan fingerprint density at radius 2 is 2.10 bits per heavy atom. The second-order valence-corrected chi connectivity index (χ2v) is 1.73. The molecule has 0 saturated carbocycles. The lowest BCUT2D eigenvalue weighted by Gasteiger charge is -1.97. The smallest absolute Gasteiger partial charge is 0.384 e. The number of rotatable bonds is 0. The van der Waals surface area contributed by atoms with Crippen LogP contribution in [0.15, 0.2) is 0 Å². The van der Waals surface area contributed by atoms with E-state index in [0.717, 1.165) is 0 Å². The van der Waals surface area contributed by atoms with Gasteiger partial charge in [-0.15, -0.1) is 0 Å². The van der Waals surface area contributed by atoms with Crippen molar-refractivity contribution >= 4 is 29.3 Å². The summed E-state index contributed by atoms with van der Waals surface area (Å²) in [4.78, 5) is 20.2. The van der Waals surface area contributed by atoms with Gasteiger partial charge in [0.05, 0.1) is 0 Å². The van der Waals surface area contributed by atoms with Crippen molar-refractivity contribution in [1.82, 2.24) is 5.32 Å². The Morgan fingerprint density at radius 3 is 2.40 bits per heavy atom. The molecule has 0 saturated heterocycles. The van der Waals surface area contributed by atoms with Crippen LogP contribution in [0.4, 0.5) is 4.79 Å². The van der Waals surface area contributed by atoms with Crippen LogP contribution < -0.4 is 11.1 Å². The van der Waals surface area contributed by atoms with E-state index in [1.54, 1.807) is 0 Å². The van der Waals surface area contributed by atoms with Gasteiger partial charge in [0.1, 0.15) is 0 Å². The van der Waals surface area contributed by atoms with Gasteiger partial charge in [-0.05, 0) is 0 Å². The summed E-state index contributed by atoms with van der Waals surface area (Å²) in [7, 11) is 1.31. The van der Waals surface area contributed by atoms with Crippen molar-refractivity contribution in [1.29, 1.82) is 0 Å². The molecule has 0 unspecified atom stereocenters. The molecule has 0 aromatic heterocycles. The third kappa shape index (κ3) is 2.98. The zero-order chi connectivity index (χ0) is 8.15. The number of amides is 1. The van der Waals surface area contributed by atoms with Crippen molar-refractivity contribution in [2.24, 2.45) is 5.73 Å². The normalized spacial score (nSPS) is 8.10. The molecule has 56 valence electrons. The average Bonchev–Trinajstić information content (AvgIpc) is 1.87. The first-order valence-electron chi connectivity index (χ1n) is 2.31. The number of thiocarbonyl (C=S) groups is 1. The molecule has 0 aromatic carbocycles. The number of nitrogens with one attached hydrogen (secondary N) is 1. The van der Waals surface area contributed by atoms with Crippen LogP contribution in [-0.2, 0) is 9.53 Å². The van der Waals surface area contributed by atoms with Crippen LogP contribution in [0.3, 0.4) is 0 Å². The Labute approximate surface area is 62.5 Å². The summed E-state index contributed by atoms with van der Waals surface area (Å²) < 4.78 is 4.01. The Balaban J connectivity index is 3.80. The average molecular weight is 162 g/mol. The van der Waals surface area contributed by atoms with Crippen molar-refractivity contribution in [3.63, 3.8) is 0 Å². The highest BCUT2D eigenvalue weighted by atomic mass is 32.1. The first kappa shape index (κ1) is 8.83. The van der Waals surface area contributed by atoms with E-state index < -0.39 is 17.1 Å². The summed E-state index contributed by atoms with van der Waals surface area (Å²) in [6.45, 7) is 0. The second kappa shape index (κ2) is 3.78. The SMILES string of the molecule is CNC(=O)OC(=O)C(N)=S. The van der Waals surface area contributed by atoms with Crippen LogP contribution in [0.25, 0.3) is 0 Å². The van der Waals surface area contributed by atoms with Crippen molar-refractivity contribution in [3.05, 3.63) is 0 Å². The predicted molar refractivity (Wildman–Crippen MR) is 37.3 cm³/mol. The van der Waals surface area contributed by atoms with Gasteiger partial charge in [0.15, 0.2) is 4.99 Å². The summed E-state index contributed by atoms with van der Waals surface area (Å²) >= 11 is 4.21. The number of ether oxygens (including phenoxy) is 1. The molecule has 0 spiro atoms. The first-order valence-corrected chi connectivity index (χ1v) is 2.72. The van der Waals surface area contributed by atoms with Gasteiger partial charge >= 0.3 is 12.1 Å². The van der Waals surface area contributed by atoms with Crippen LogP contribution in [0, 0.1) is 0 Å². The van der Waals surface area contributed by atoms with E-state index in [4.69, 9.17) is 5.73 Å². The van der Waals surface area contributed by atoms with Crippen LogP contribution in [0.5, 0.6) is 0 Å². The standard InChI is InChI=1S/C4H6N2O3S/c1-6-4(8)9-3(7)2(5)10/h1H3,(H2,5,10)(H,6,8). The molecule has 0 atom stereocenters. The minimum absolute atomic E-state index is 0.469. The fraction of sp³-hybridized carbons (Fsp3) is 0.250. The van der Waals surface area contributed by atoms with Gasteiger partial charge in [-0.1, -0.05) is 12.2 Å². The molecule has 0 aromatic rings. The molecule has 0 aliphatic heterocycles. The monoisotopic (exact) mass is 162 g/mol. The van der Waals surface area contributed by atoms with Gasteiger partial charge in [0.25, 0.3) is 0 Å². The molecular formula is C4H6N2O3S. The molecule has 0 heterocycles. The summed E-state index contributed by atoms with van der Waals surface area (Å²) in [5.74, 6) is -1.01. The van der Waals surface area contributed by atoms with E-state index in [1.807, 2.05) is 0 Å². The molecule has 5 nitrogen and oxygen atoms in total. The van der Waals surface area contributed by atoms with Crippen molar-refractivity contribution < 1.29 is 14.3 Å². The first-order chi connectivity index (χ1) is 4.57. The third-order valence-electron chi connectivity index (χ3n) is 0.591. The molecule has 0 aliphatic rings. The topological polar surface area (TPSA) is 81.4 Å². The number of nitrogens with two attached hydrogens (primary N) is 1. The number of carbonyl (C=O) groups is 2. The fourth-order valence-corrected chi connectivity index (χ4v) is 0.227. The van der Waals surface area contributed by atoms with Gasteiger partial charge in [0, 0.05) is 7.05 Å². The van der Waals surface area contributed by atoms with Gasteiger partial charge < -0.3 is 15.8 Å². The molecule has 1 amide bonds. The summed E-state index contributed by atoms with van der Waals surface area (Å²) in [6, 6.07) is 0. The van der Waals surface area contributed by atoms with E-state index in [1.165, 1.54) is 7.05 Å². The maximum absolute atomic E-state index is 10.4. The number of alkyl carbamates (subject to hydrolysis) is 1. The van der Waals surface area contributed by atoms with E-state index in [9.17, 15) is 9.59 Å². The Bertz CT molecular complexity index is 179. The second-order valence-electron chi connectivity index (χ2n) is 1.29. The summed E-state index contributed by atoms with van der Waals surface area (Å²) in [6.07, 6.45) is -0.877. The molecule has 0 bridgehead atoms. The summed E-state index contributed by atoms with van der Waals surface area (Å²) in [5.41, 5.74) is 4.82. The van der Waals surface area contributed by atoms with Gasteiger partial charge in [-0.2, -0.15) is 0 Å². The lowest BCUT2D eigenvalue weighted by atomic mass is 10.7. The van der Waals surface area contributed by atoms with E-state index in [-0.39, 0.29) is 0 Å². The molecule has 0 fully saturated rings. The lowest BCUT2D eigenvalue weighted by Crippen LogP contribution is -2.30. The highest BCUT2D eigenvalue weighted by molar-refractivity contribution is 7.81. The summed E-state index contributed by atoms with van der Waals surface area (Å²) in [5, 5.41) is 2.05. The van der Waals surface area contributed by atoms with Crippen molar-refractivity contribution in [2.45, 2.75) is 0 Å². The molecule has 10 heavy (non-hydrogen) atoms. The molecule has 0 aliphatic carbocycles. The maximum atomic E-state index is 10.4. The Morgan fingerprint density at radius 1 is 1.60 bits per heavy atom. The molecule has 0 radical (unpaired) electrons. The minimum Gasteiger partial charge on any atom is -0.384 e. The van der Waals surface area contributed by atoms with E-state index in [2.05, 4.69) is 22.3 Å². The lowest BCUT2D eigenvalue weighted by molar-refractivity contribution is -0.129. The molecule has 3 N–H and O–H groups in total. The minimum atomic E-state index is -1.01. The largest absolute Gasteiger partial charge is 0.414 e. The van der Waals surface area contributed by atoms with Crippen LogP contribution in [-0.4, -0.2) is 24.1 Å². The van der Waals surface area contributed by atoms with Crippen molar-refractivity contribution in [2.75, 3.05) is 7.05 Å². The van der Waals surface area contributed by atoms with E-state index >= 15 is 0 Å². The maximum Gasteiger partial charge on any atom is 0.414 e. The number of hydrogen-bond acceptors (Lipinski definition) is 4. The predicted octanol–water partition coefficient (Wildman–Crippen LogP) is -0.845. The highest BCUT2D eigenvalue weighted by Crippen LogP contribution is 1.79. The molecular weight excluding hydrogens is 156 g/mol. The van der Waals surface area contributed by atoms with Crippen LogP contribution in [0.1, 0.15) is 0 Å². The third-order valence-corrected chi connectivity index (χ3v) is 0.757.